The highest BCUT2D eigenvalue weighted by Crippen LogP contribution is 2.22. The van der Waals surface area contributed by atoms with Gasteiger partial charge in [0.15, 0.2) is 0 Å². The highest BCUT2D eigenvalue weighted by atomic mass is 16.4. The number of carboxylic acid groups (broad SMARTS) is 1. The van der Waals surface area contributed by atoms with Crippen molar-refractivity contribution in [3.63, 3.8) is 0 Å². The van der Waals surface area contributed by atoms with E-state index in [2.05, 4.69) is 5.32 Å². The Labute approximate surface area is 109 Å². The zero-order chi connectivity index (χ0) is 13.5. The Morgan fingerprint density at radius 2 is 2.00 bits per heavy atom. The van der Waals surface area contributed by atoms with E-state index in [9.17, 15) is 9.59 Å². The fourth-order valence-electron chi connectivity index (χ4n) is 2.45. The second-order valence-electron chi connectivity index (χ2n) is 5.06. The number of carbonyl (C=O) groups excluding carboxylic acids is 1. The van der Waals surface area contributed by atoms with Crippen molar-refractivity contribution in [1.82, 2.24) is 10.2 Å². The maximum atomic E-state index is 11.9. The van der Waals surface area contributed by atoms with E-state index in [4.69, 9.17) is 5.11 Å². The molecule has 1 saturated carbocycles. The molecule has 1 aliphatic rings. The van der Waals surface area contributed by atoms with Gasteiger partial charge in [0, 0.05) is 19.6 Å². The number of carboxylic acids is 1. The summed E-state index contributed by atoms with van der Waals surface area (Å²) >= 11 is 0. The molecule has 0 radical (unpaired) electrons. The van der Waals surface area contributed by atoms with E-state index in [0.717, 1.165) is 19.3 Å². The number of amides is 2. The normalized spacial score (nSPS) is 17.4. The lowest BCUT2D eigenvalue weighted by atomic mass is 10.0. The lowest BCUT2D eigenvalue weighted by Crippen LogP contribution is -2.44. The summed E-state index contributed by atoms with van der Waals surface area (Å²) < 4.78 is 0. The molecule has 1 fully saturated rings. The highest BCUT2D eigenvalue weighted by Gasteiger charge is 2.24. The van der Waals surface area contributed by atoms with Gasteiger partial charge in [-0.15, -0.1) is 0 Å². The molecule has 1 aliphatic carbocycles. The van der Waals surface area contributed by atoms with Crippen LogP contribution in [0.1, 0.15) is 45.4 Å². The van der Waals surface area contributed by atoms with Gasteiger partial charge in [0.1, 0.15) is 0 Å². The van der Waals surface area contributed by atoms with Crippen molar-refractivity contribution in [3.05, 3.63) is 0 Å². The van der Waals surface area contributed by atoms with Crippen molar-refractivity contribution >= 4 is 12.0 Å². The van der Waals surface area contributed by atoms with E-state index in [0.29, 0.717) is 12.5 Å². The van der Waals surface area contributed by atoms with Gasteiger partial charge in [-0.3, -0.25) is 4.79 Å². The maximum Gasteiger partial charge on any atom is 0.317 e. The zero-order valence-corrected chi connectivity index (χ0v) is 11.3. The van der Waals surface area contributed by atoms with Crippen LogP contribution in [-0.2, 0) is 4.79 Å². The van der Waals surface area contributed by atoms with Crippen LogP contribution in [0.4, 0.5) is 4.79 Å². The molecule has 0 heterocycles. The van der Waals surface area contributed by atoms with Crippen molar-refractivity contribution in [1.29, 1.82) is 0 Å². The van der Waals surface area contributed by atoms with Gasteiger partial charge in [0.05, 0.1) is 5.92 Å². The lowest BCUT2D eigenvalue weighted by molar-refractivity contribution is -0.141. The molecule has 0 bridgehead atoms. The van der Waals surface area contributed by atoms with Crippen LogP contribution in [0.15, 0.2) is 0 Å². The number of nitrogens with one attached hydrogen (secondary N) is 1. The molecule has 2 N–H and O–H groups in total. The third-order valence-electron chi connectivity index (χ3n) is 3.68. The first-order valence-corrected chi connectivity index (χ1v) is 6.79. The first kappa shape index (κ1) is 14.8. The second-order valence-corrected chi connectivity index (χ2v) is 5.06. The molecule has 18 heavy (non-hydrogen) atoms. The van der Waals surface area contributed by atoms with Gasteiger partial charge >= 0.3 is 12.0 Å². The molecular formula is C13H24N2O3. The average molecular weight is 256 g/mol. The molecule has 5 heteroatoms. The van der Waals surface area contributed by atoms with Gasteiger partial charge in [-0.25, -0.2) is 4.79 Å². The van der Waals surface area contributed by atoms with Crippen LogP contribution in [-0.4, -0.2) is 41.6 Å². The molecule has 0 aromatic rings. The standard InChI is InChI=1S/C13H24N2O3/c1-3-6-10(12(16)17)9-14-13(18)15(2)11-7-4-5-8-11/h10-11H,3-9H2,1-2H3,(H,14,18)(H,16,17). The van der Waals surface area contributed by atoms with Crippen molar-refractivity contribution in [3.8, 4) is 0 Å². The number of urea groups is 1. The summed E-state index contributed by atoms with van der Waals surface area (Å²) in [5.41, 5.74) is 0. The molecule has 0 aromatic heterocycles. The fraction of sp³-hybridized carbons (Fsp3) is 0.846. The monoisotopic (exact) mass is 256 g/mol. The number of hydrogen-bond donors (Lipinski definition) is 2. The quantitative estimate of drug-likeness (QED) is 0.764. The minimum absolute atomic E-state index is 0.149. The van der Waals surface area contributed by atoms with Gasteiger partial charge in [0.25, 0.3) is 0 Å². The van der Waals surface area contributed by atoms with E-state index in [1.807, 2.05) is 6.92 Å². The minimum Gasteiger partial charge on any atom is -0.481 e. The van der Waals surface area contributed by atoms with E-state index < -0.39 is 11.9 Å². The summed E-state index contributed by atoms with van der Waals surface area (Å²) in [6.07, 6.45) is 5.88. The van der Waals surface area contributed by atoms with Crippen molar-refractivity contribution in [2.24, 2.45) is 5.92 Å². The number of nitrogens with zero attached hydrogens (tertiary/aromatic N) is 1. The summed E-state index contributed by atoms with van der Waals surface area (Å²) in [7, 11) is 1.79. The molecule has 1 rings (SSSR count). The van der Waals surface area contributed by atoms with Gasteiger partial charge in [-0.05, 0) is 19.3 Å². The Morgan fingerprint density at radius 1 is 1.39 bits per heavy atom. The van der Waals surface area contributed by atoms with Crippen molar-refractivity contribution < 1.29 is 14.7 Å². The molecule has 104 valence electrons. The first-order chi connectivity index (χ1) is 8.56. The van der Waals surface area contributed by atoms with Crippen LogP contribution >= 0.6 is 0 Å². The number of rotatable bonds is 6. The molecule has 2 amide bonds. The Morgan fingerprint density at radius 3 is 2.50 bits per heavy atom. The summed E-state index contributed by atoms with van der Waals surface area (Å²) in [5, 5.41) is 11.7. The van der Waals surface area contributed by atoms with E-state index in [-0.39, 0.29) is 12.6 Å². The van der Waals surface area contributed by atoms with Gasteiger partial charge in [-0.1, -0.05) is 26.2 Å². The fourth-order valence-corrected chi connectivity index (χ4v) is 2.45. The van der Waals surface area contributed by atoms with Crippen LogP contribution in [0.2, 0.25) is 0 Å². The van der Waals surface area contributed by atoms with E-state index in [1.54, 1.807) is 11.9 Å². The summed E-state index contributed by atoms with van der Waals surface area (Å²) in [4.78, 5) is 24.6. The minimum atomic E-state index is -0.833. The van der Waals surface area contributed by atoms with Gasteiger partial charge in [-0.2, -0.15) is 0 Å². The SMILES string of the molecule is CCCC(CNC(=O)N(C)C1CCCC1)C(=O)O. The van der Waals surface area contributed by atoms with Crippen LogP contribution in [0.25, 0.3) is 0 Å². The Hall–Kier alpha value is -1.26. The first-order valence-electron chi connectivity index (χ1n) is 6.79. The Balaban J connectivity index is 2.36. The molecule has 0 aliphatic heterocycles. The third kappa shape index (κ3) is 4.20. The third-order valence-corrected chi connectivity index (χ3v) is 3.68. The number of hydrogen-bond acceptors (Lipinski definition) is 2. The Kier molecular flexibility index (Phi) is 5.95. The molecular weight excluding hydrogens is 232 g/mol. The van der Waals surface area contributed by atoms with E-state index in [1.165, 1.54) is 12.8 Å². The number of aliphatic carboxylic acids is 1. The maximum absolute atomic E-state index is 11.9. The van der Waals surface area contributed by atoms with Gasteiger partial charge in [0.2, 0.25) is 0 Å². The molecule has 0 spiro atoms. The predicted octanol–water partition coefficient (Wildman–Crippen LogP) is 2.07. The van der Waals surface area contributed by atoms with Crippen molar-refractivity contribution in [2.45, 2.75) is 51.5 Å². The van der Waals surface area contributed by atoms with E-state index >= 15 is 0 Å². The molecule has 5 nitrogen and oxygen atoms in total. The molecule has 0 aromatic carbocycles. The number of carbonyl (C=O) groups is 2. The zero-order valence-electron chi connectivity index (χ0n) is 11.3. The predicted molar refractivity (Wildman–Crippen MR) is 69.5 cm³/mol. The molecule has 0 saturated heterocycles. The average Bonchev–Trinajstić information content (AvgIpc) is 2.86. The van der Waals surface area contributed by atoms with Crippen LogP contribution < -0.4 is 5.32 Å². The topological polar surface area (TPSA) is 69.6 Å². The molecule has 1 unspecified atom stereocenters. The summed E-state index contributed by atoms with van der Waals surface area (Å²) in [5.74, 6) is -1.31. The van der Waals surface area contributed by atoms with Crippen LogP contribution in [0, 0.1) is 5.92 Å². The van der Waals surface area contributed by atoms with Gasteiger partial charge < -0.3 is 15.3 Å². The largest absolute Gasteiger partial charge is 0.481 e. The summed E-state index contributed by atoms with van der Waals surface area (Å²) in [6, 6.07) is 0.170. The van der Waals surface area contributed by atoms with Crippen LogP contribution in [0.3, 0.4) is 0 Å². The van der Waals surface area contributed by atoms with Crippen molar-refractivity contribution in [2.75, 3.05) is 13.6 Å². The smallest absolute Gasteiger partial charge is 0.317 e. The second kappa shape index (κ2) is 7.24. The Bertz CT molecular complexity index is 288. The molecule has 1 atom stereocenters. The highest BCUT2D eigenvalue weighted by molar-refractivity contribution is 5.76. The van der Waals surface area contributed by atoms with Crippen LogP contribution in [0.5, 0.6) is 0 Å². The lowest BCUT2D eigenvalue weighted by Gasteiger charge is -2.25. The summed E-state index contributed by atoms with van der Waals surface area (Å²) in [6.45, 7) is 2.17.